The fourth-order valence-electron chi connectivity index (χ4n) is 3.99. The number of carbonyl (C=O) groups excluding carboxylic acids is 1. The summed E-state index contributed by atoms with van der Waals surface area (Å²) in [7, 11) is 0. The van der Waals surface area contributed by atoms with Gasteiger partial charge in [0.15, 0.2) is 5.82 Å². The molecule has 0 radical (unpaired) electrons. The third kappa shape index (κ3) is 3.33. The summed E-state index contributed by atoms with van der Waals surface area (Å²) in [6.45, 7) is 1.87. The first-order valence-electron chi connectivity index (χ1n) is 8.71. The quantitative estimate of drug-likeness (QED) is 0.807. The van der Waals surface area contributed by atoms with Gasteiger partial charge in [0, 0.05) is 29.8 Å². The predicted molar refractivity (Wildman–Crippen MR) is 92.5 cm³/mol. The van der Waals surface area contributed by atoms with Crippen LogP contribution in [0.5, 0.6) is 0 Å². The van der Waals surface area contributed by atoms with Crippen molar-refractivity contribution in [1.82, 2.24) is 20.5 Å². The van der Waals surface area contributed by atoms with Gasteiger partial charge in [0.1, 0.15) is 5.82 Å². The van der Waals surface area contributed by atoms with Gasteiger partial charge >= 0.3 is 0 Å². The Kier molecular flexibility index (Phi) is 4.06. The highest BCUT2D eigenvalue weighted by Gasteiger charge is 2.34. The topological polar surface area (TPSA) is 82.7 Å². The summed E-state index contributed by atoms with van der Waals surface area (Å²) in [6, 6.07) is 8.94. The third-order valence-electron chi connectivity index (χ3n) is 5.07. The zero-order valence-electron chi connectivity index (χ0n) is 13.9. The number of aromatic nitrogens is 3. The Morgan fingerprint density at radius 2 is 1.92 bits per heavy atom. The summed E-state index contributed by atoms with van der Waals surface area (Å²) < 4.78 is 0. The number of hydrogen-bond acceptors (Lipinski definition) is 4. The van der Waals surface area contributed by atoms with Gasteiger partial charge in [0.25, 0.3) is 0 Å². The molecule has 0 spiro atoms. The molecule has 1 aromatic heterocycles. The van der Waals surface area contributed by atoms with Crippen molar-refractivity contribution in [3.8, 4) is 11.4 Å². The maximum atomic E-state index is 12.3. The lowest BCUT2D eigenvalue weighted by atomic mass is 9.89. The van der Waals surface area contributed by atoms with E-state index in [0.29, 0.717) is 30.2 Å². The normalized spacial score (nSPS) is 25.6. The van der Waals surface area contributed by atoms with E-state index in [-0.39, 0.29) is 5.91 Å². The first-order valence-corrected chi connectivity index (χ1v) is 8.71. The number of aromatic amines is 1. The second-order valence-electron chi connectivity index (χ2n) is 7.05. The minimum absolute atomic E-state index is 0.114. The minimum atomic E-state index is 0.114. The van der Waals surface area contributed by atoms with Crippen LogP contribution in [-0.4, -0.2) is 33.2 Å². The molecule has 2 unspecified atom stereocenters. The Morgan fingerprint density at radius 3 is 2.54 bits per heavy atom. The molecule has 6 nitrogen and oxygen atoms in total. The summed E-state index contributed by atoms with van der Waals surface area (Å²) in [4.78, 5) is 16.6. The highest BCUT2D eigenvalue weighted by Crippen LogP contribution is 2.32. The molecule has 1 aromatic carbocycles. The average molecular weight is 325 g/mol. The van der Waals surface area contributed by atoms with Crippen molar-refractivity contribution in [3.05, 3.63) is 30.1 Å². The smallest absolute Gasteiger partial charge is 0.224 e. The molecule has 6 heteroatoms. The Morgan fingerprint density at radius 1 is 1.21 bits per heavy atom. The van der Waals surface area contributed by atoms with Crippen molar-refractivity contribution >= 4 is 11.6 Å². The van der Waals surface area contributed by atoms with Gasteiger partial charge in [-0.1, -0.05) is 0 Å². The Balaban J connectivity index is 1.34. The number of carbonyl (C=O) groups is 1. The lowest BCUT2D eigenvalue weighted by Gasteiger charge is -2.28. The first kappa shape index (κ1) is 15.3. The van der Waals surface area contributed by atoms with Crippen molar-refractivity contribution in [2.75, 3.05) is 5.32 Å². The summed E-state index contributed by atoms with van der Waals surface area (Å²) >= 11 is 0. The van der Waals surface area contributed by atoms with E-state index in [1.165, 1.54) is 12.8 Å². The molecule has 126 valence electrons. The number of nitrogens with zero attached hydrogens (tertiary/aromatic N) is 2. The predicted octanol–water partition coefficient (Wildman–Crippen LogP) is 2.64. The number of hydrogen-bond donors (Lipinski definition) is 3. The van der Waals surface area contributed by atoms with Gasteiger partial charge in [-0.05, 0) is 62.8 Å². The molecule has 0 aliphatic carbocycles. The Bertz CT molecular complexity index is 711. The zero-order chi connectivity index (χ0) is 16.5. The first-order chi connectivity index (χ1) is 11.7. The van der Waals surface area contributed by atoms with E-state index in [2.05, 4.69) is 25.8 Å². The molecular weight excluding hydrogens is 302 g/mol. The number of anilines is 1. The molecule has 3 heterocycles. The van der Waals surface area contributed by atoms with Crippen LogP contribution in [0.15, 0.2) is 24.3 Å². The highest BCUT2D eigenvalue weighted by molar-refractivity contribution is 5.91. The van der Waals surface area contributed by atoms with Crippen LogP contribution in [0.1, 0.15) is 37.9 Å². The summed E-state index contributed by atoms with van der Waals surface area (Å²) in [6.07, 6.45) is 5.42. The van der Waals surface area contributed by atoms with E-state index < -0.39 is 0 Å². The number of nitrogens with one attached hydrogen (secondary N) is 3. The van der Waals surface area contributed by atoms with E-state index in [4.69, 9.17) is 0 Å². The lowest BCUT2D eigenvalue weighted by molar-refractivity contribution is -0.117. The SMILES string of the molecule is Cc1nc(-c2ccc(NC(=O)CC3CC4CCC(C3)N4)cc2)n[nH]1. The van der Waals surface area contributed by atoms with E-state index in [1.807, 2.05) is 31.2 Å². The molecule has 2 aromatic rings. The van der Waals surface area contributed by atoms with Gasteiger partial charge in [-0.3, -0.25) is 9.89 Å². The molecule has 1 amide bonds. The number of fused-ring (bicyclic) bond motifs is 2. The van der Waals surface area contributed by atoms with Crippen LogP contribution in [-0.2, 0) is 4.79 Å². The lowest BCUT2D eigenvalue weighted by Crippen LogP contribution is -2.39. The molecule has 2 bridgehead atoms. The van der Waals surface area contributed by atoms with Crippen LogP contribution in [0.3, 0.4) is 0 Å². The largest absolute Gasteiger partial charge is 0.326 e. The fraction of sp³-hybridized carbons (Fsp3) is 0.500. The third-order valence-corrected chi connectivity index (χ3v) is 5.07. The summed E-state index contributed by atoms with van der Waals surface area (Å²) in [5, 5.41) is 13.6. The standard InChI is InChI=1S/C18H23N5O/c1-11-19-18(23-22-11)13-2-4-14(5-3-13)21-17(24)10-12-8-15-6-7-16(9-12)20-15/h2-5,12,15-16,20H,6-10H2,1H3,(H,21,24)(H,19,22,23). The van der Waals surface area contributed by atoms with Gasteiger partial charge in [-0.2, -0.15) is 5.10 Å². The molecule has 4 rings (SSSR count). The van der Waals surface area contributed by atoms with Gasteiger partial charge < -0.3 is 10.6 Å². The average Bonchev–Trinajstić information content (AvgIpc) is 3.13. The molecule has 2 saturated heterocycles. The van der Waals surface area contributed by atoms with Gasteiger partial charge in [-0.25, -0.2) is 4.98 Å². The monoisotopic (exact) mass is 325 g/mol. The van der Waals surface area contributed by atoms with E-state index in [0.717, 1.165) is 29.9 Å². The van der Waals surface area contributed by atoms with Crippen molar-refractivity contribution in [2.45, 2.75) is 51.1 Å². The van der Waals surface area contributed by atoms with Crippen LogP contribution in [0.4, 0.5) is 5.69 Å². The molecule has 24 heavy (non-hydrogen) atoms. The van der Waals surface area contributed by atoms with Crippen molar-refractivity contribution < 1.29 is 4.79 Å². The van der Waals surface area contributed by atoms with Crippen LogP contribution in [0, 0.1) is 12.8 Å². The summed E-state index contributed by atoms with van der Waals surface area (Å²) in [5.41, 5.74) is 1.76. The number of H-pyrrole nitrogens is 1. The van der Waals surface area contributed by atoms with Gasteiger partial charge in [-0.15, -0.1) is 0 Å². The highest BCUT2D eigenvalue weighted by atomic mass is 16.1. The molecule has 2 fully saturated rings. The minimum Gasteiger partial charge on any atom is -0.326 e. The summed E-state index contributed by atoms with van der Waals surface area (Å²) in [5.74, 6) is 2.09. The molecular formula is C18H23N5O. The molecule has 2 aliphatic heterocycles. The molecule has 0 saturated carbocycles. The number of rotatable bonds is 4. The Hall–Kier alpha value is -2.21. The molecule has 2 aliphatic rings. The second-order valence-corrected chi connectivity index (χ2v) is 7.05. The number of amides is 1. The maximum absolute atomic E-state index is 12.3. The van der Waals surface area contributed by atoms with Gasteiger partial charge in [0.05, 0.1) is 0 Å². The molecule has 2 atom stereocenters. The van der Waals surface area contributed by atoms with E-state index in [9.17, 15) is 4.79 Å². The molecule has 3 N–H and O–H groups in total. The van der Waals surface area contributed by atoms with Crippen LogP contribution in [0.25, 0.3) is 11.4 Å². The van der Waals surface area contributed by atoms with Crippen molar-refractivity contribution in [3.63, 3.8) is 0 Å². The second kappa shape index (κ2) is 6.36. The van der Waals surface area contributed by atoms with E-state index in [1.54, 1.807) is 0 Å². The van der Waals surface area contributed by atoms with Crippen LogP contribution < -0.4 is 10.6 Å². The maximum Gasteiger partial charge on any atom is 0.224 e. The van der Waals surface area contributed by atoms with Crippen molar-refractivity contribution in [2.24, 2.45) is 5.92 Å². The number of aryl methyl sites for hydroxylation is 1. The van der Waals surface area contributed by atoms with Crippen LogP contribution in [0.2, 0.25) is 0 Å². The number of piperidine rings is 1. The zero-order valence-corrected chi connectivity index (χ0v) is 13.9. The number of benzene rings is 1. The Labute approximate surface area is 141 Å². The fourth-order valence-corrected chi connectivity index (χ4v) is 3.99. The van der Waals surface area contributed by atoms with Crippen LogP contribution >= 0.6 is 0 Å². The van der Waals surface area contributed by atoms with E-state index >= 15 is 0 Å². The van der Waals surface area contributed by atoms with Crippen molar-refractivity contribution in [1.29, 1.82) is 0 Å². The van der Waals surface area contributed by atoms with Gasteiger partial charge in [0.2, 0.25) is 5.91 Å².